The lowest BCUT2D eigenvalue weighted by Gasteiger charge is -2.28. The third-order valence-electron chi connectivity index (χ3n) is 4.29. The molecule has 3 N–H and O–H groups in total. The summed E-state index contributed by atoms with van der Waals surface area (Å²) in [5.41, 5.74) is -0.520. The van der Waals surface area contributed by atoms with Gasteiger partial charge in [-0.1, -0.05) is 13.8 Å². The van der Waals surface area contributed by atoms with Crippen molar-refractivity contribution in [2.45, 2.75) is 78.5 Å². The topological polar surface area (TPSA) is 95.1 Å². The predicted molar refractivity (Wildman–Crippen MR) is 112 cm³/mol. The van der Waals surface area contributed by atoms with E-state index in [-0.39, 0.29) is 24.4 Å². The Morgan fingerprint density at radius 1 is 1.25 bits per heavy atom. The minimum absolute atomic E-state index is 0.0154. The lowest BCUT2D eigenvalue weighted by molar-refractivity contribution is -0.119. The number of nitrogens with zero attached hydrogens (tertiary/aromatic N) is 2. The number of guanidine groups is 1. The van der Waals surface area contributed by atoms with Gasteiger partial charge in [-0.15, -0.1) is 0 Å². The molecular weight excluding hydrogens is 358 g/mol. The van der Waals surface area contributed by atoms with E-state index in [0.717, 1.165) is 25.8 Å². The van der Waals surface area contributed by atoms with Crippen molar-refractivity contribution >= 4 is 18.0 Å². The highest BCUT2D eigenvalue weighted by molar-refractivity contribution is 5.85. The summed E-state index contributed by atoms with van der Waals surface area (Å²) in [7, 11) is 1.94. The normalized spacial score (nSPS) is 15.8. The molecule has 0 heterocycles. The molecule has 0 aromatic heterocycles. The summed E-state index contributed by atoms with van der Waals surface area (Å²) in [6.45, 7) is 13.2. The highest BCUT2D eigenvalue weighted by Gasteiger charge is 2.24. The maximum atomic E-state index is 12.1. The third kappa shape index (κ3) is 10.4. The van der Waals surface area contributed by atoms with Gasteiger partial charge >= 0.3 is 6.09 Å². The van der Waals surface area contributed by atoms with Gasteiger partial charge in [-0.2, -0.15) is 0 Å². The average Bonchev–Trinajstić information content (AvgIpc) is 3.36. The fourth-order valence-electron chi connectivity index (χ4n) is 2.59. The fourth-order valence-corrected chi connectivity index (χ4v) is 2.59. The zero-order chi connectivity index (χ0) is 21.3. The number of aliphatic imine (C=N–C) groups is 1. The molecule has 1 fully saturated rings. The third-order valence-corrected chi connectivity index (χ3v) is 4.29. The van der Waals surface area contributed by atoms with Crippen LogP contribution in [-0.4, -0.2) is 67.2 Å². The quantitative estimate of drug-likeness (QED) is 0.409. The molecule has 1 aliphatic carbocycles. The molecule has 8 nitrogen and oxygen atoms in total. The molecule has 2 amide bonds. The largest absolute Gasteiger partial charge is 0.444 e. The first-order chi connectivity index (χ1) is 13.0. The summed E-state index contributed by atoms with van der Waals surface area (Å²) in [6, 6.07) is 0.326. The molecule has 1 rings (SSSR count). The van der Waals surface area contributed by atoms with Crippen LogP contribution in [0.5, 0.6) is 0 Å². The number of hydrogen-bond donors (Lipinski definition) is 3. The van der Waals surface area contributed by atoms with Crippen LogP contribution in [0.1, 0.15) is 60.8 Å². The van der Waals surface area contributed by atoms with E-state index in [4.69, 9.17) is 4.74 Å². The Kier molecular flexibility index (Phi) is 9.55. The second kappa shape index (κ2) is 11.1. The van der Waals surface area contributed by atoms with Gasteiger partial charge in [0.15, 0.2) is 5.96 Å². The van der Waals surface area contributed by atoms with E-state index in [9.17, 15) is 9.59 Å². The standard InChI is InChI=1S/C20H39N5O3/c1-8-21-18(22-13-17(26)23-15-9-10-15)25(7)12-11-16(14(2)3)24-19(27)28-20(4,5)6/h14-16H,8-13H2,1-7H3,(H,21,22)(H,23,26)(H,24,27). The van der Waals surface area contributed by atoms with E-state index in [0.29, 0.717) is 18.5 Å². The Balaban J connectivity index is 2.56. The van der Waals surface area contributed by atoms with Gasteiger partial charge in [-0.3, -0.25) is 4.79 Å². The predicted octanol–water partition coefficient (Wildman–Crippen LogP) is 2.10. The minimum atomic E-state index is -0.520. The van der Waals surface area contributed by atoms with Gasteiger partial charge in [-0.25, -0.2) is 9.79 Å². The molecule has 0 aromatic rings. The van der Waals surface area contributed by atoms with Crippen molar-refractivity contribution in [1.29, 1.82) is 0 Å². The second-order valence-electron chi connectivity index (χ2n) is 8.72. The molecule has 1 atom stereocenters. The van der Waals surface area contributed by atoms with Gasteiger partial charge in [0, 0.05) is 32.2 Å². The molecule has 0 saturated heterocycles. The molecular formula is C20H39N5O3. The van der Waals surface area contributed by atoms with Crippen molar-refractivity contribution in [1.82, 2.24) is 20.9 Å². The van der Waals surface area contributed by atoms with E-state index in [1.807, 2.05) is 39.6 Å². The van der Waals surface area contributed by atoms with Crippen molar-refractivity contribution in [2.75, 3.05) is 26.7 Å². The summed E-state index contributed by atoms with van der Waals surface area (Å²) >= 11 is 0. The monoisotopic (exact) mass is 397 g/mol. The minimum Gasteiger partial charge on any atom is -0.444 e. The van der Waals surface area contributed by atoms with Crippen molar-refractivity contribution in [3.63, 3.8) is 0 Å². The van der Waals surface area contributed by atoms with Crippen LogP contribution in [0.2, 0.25) is 0 Å². The zero-order valence-electron chi connectivity index (χ0n) is 18.6. The van der Waals surface area contributed by atoms with Crippen LogP contribution in [0.3, 0.4) is 0 Å². The van der Waals surface area contributed by atoms with E-state index < -0.39 is 11.7 Å². The van der Waals surface area contributed by atoms with Crippen molar-refractivity contribution in [2.24, 2.45) is 10.9 Å². The first-order valence-electron chi connectivity index (χ1n) is 10.3. The summed E-state index contributed by atoms with van der Waals surface area (Å²) in [5.74, 6) is 0.913. The number of ether oxygens (including phenoxy) is 1. The van der Waals surface area contributed by atoms with Crippen LogP contribution in [0, 0.1) is 5.92 Å². The van der Waals surface area contributed by atoms with Crippen molar-refractivity contribution < 1.29 is 14.3 Å². The highest BCUT2D eigenvalue weighted by Crippen LogP contribution is 2.18. The van der Waals surface area contributed by atoms with Crippen molar-refractivity contribution in [3.05, 3.63) is 0 Å². The van der Waals surface area contributed by atoms with Crippen molar-refractivity contribution in [3.8, 4) is 0 Å². The number of carbonyl (C=O) groups is 2. The number of rotatable bonds is 9. The Morgan fingerprint density at radius 3 is 2.39 bits per heavy atom. The molecule has 0 aliphatic heterocycles. The molecule has 1 aliphatic rings. The van der Waals surface area contributed by atoms with E-state index >= 15 is 0 Å². The van der Waals surface area contributed by atoms with Gasteiger partial charge < -0.3 is 25.6 Å². The number of carbonyl (C=O) groups excluding carboxylic acids is 2. The molecule has 0 radical (unpaired) electrons. The smallest absolute Gasteiger partial charge is 0.407 e. The SMILES string of the molecule is CCNC(=NCC(=O)NC1CC1)N(C)CCC(NC(=O)OC(C)(C)C)C(C)C. The molecule has 0 bridgehead atoms. The van der Waals surface area contributed by atoms with Gasteiger partial charge in [0.1, 0.15) is 12.1 Å². The van der Waals surface area contributed by atoms with Crippen LogP contribution in [0.15, 0.2) is 4.99 Å². The summed E-state index contributed by atoms with van der Waals surface area (Å²) in [6.07, 6.45) is 2.48. The summed E-state index contributed by atoms with van der Waals surface area (Å²) in [4.78, 5) is 30.4. The van der Waals surface area contributed by atoms with Gasteiger partial charge in [0.05, 0.1) is 0 Å². The molecule has 162 valence electrons. The summed E-state index contributed by atoms with van der Waals surface area (Å²) in [5, 5.41) is 9.12. The van der Waals surface area contributed by atoms with Crippen LogP contribution in [-0.2, 0) is 9.53 Å². The van der Waals surface area contributed by atoms with E-state index in [1.165, 1.54) is 0 Å². The number of amides is 2. The van der Waals surface area contributed by atoms with Gasteiger partial charge in [0.2, 0.25) is 5.91 Å². The molecule has 1 unspecified atom stereocenters. The lowest BCUT2D eigenvalue weighted by atomic mass is 10.0. The first kappa shape index (κ1) is 24.0. The number of nitrogens with one attached hydrogen (secondary N) is 3. The molecule has 28 heavy (non-hydrogen) atoms. The van der Waals surface area contributed by atoms with E-state index in [2.05, 4.69) is 34.8 Å². The van der Waals surface area contributed by atoms with Gasteiger partial charge in [-0.05, 0) is 52.9 Å². The van der Waals surface area contributed by atoms with Crippen LogP contribution < -0.4 is 16.0 Å². The second-order valence-corrected chi connectivity index (χ2v) is 8.72. The fraction of sp³-hybridized carbons (Fsp3) is 0.850. The average molecular weight is 398 g/mol. The van der Waals surface area contributed by atoms with Crippen LogP contribution in [0.4, 0.5) is 4.79 Å². The maximum Gasteiger partial charge on any atom is 0.407 e. The molecule has 0 spiro atoms. The Bertz CT molecular complexity index is 538. The highest BCUT2D eigenvalue weighted by atomic mass is 16.6. The Morgan fingerprint density at radius 2 is 1.89 bits per heavy atom. The Hall–Kier alpha value is -1.99. The number of alkyl carbamates (subject to hydrolysis) is 1. The van der Waals surface area contributed by atoms with Gasteiger partial charge in [0.25, 0.3) is 0 Å². The lowest BCUT2D eigenvalue weighted by Crippen LogP contribution is -2.45. The molecule has 8 heteroatoms. The van der Waals surface area contributed by atoms with E-state index in [1.54, 1.807) is 0 Å². The number of hydrogen-bond acceptors (Lipinski definition) is 4. The first-order valence-corrected chi connectivity index (χ1v) is 10.3. The molecule has 0 aromatic carbocycles. The molecule has 1 saturated carbocycles. The Labute approximate surface area is 169 Å². The van der Waals surface area contributed by atoms with Crippen LogP contribution in [0.25, 0.3) is 0 Å². The zero-order valence-corrected chi connectivity index (χ0v) is 18.6. The maximum absolute atomic E-state index is 12.1. The summed E-state index contributed by atoms with van der Waals surface area (Å²) < 4.78 is 5.37. The van der Waals surface area contributed by atoms with Crippen LogP contribution >= 0.6 is 0 Å².